The Hall–Kier alpha value is -1.82. The Kier molecular flexibility index (Phi) is 3.87. The predicted octanol–water partition coefficient (Wildman–Crippen LogP) is 2.43. The van der Waals surface area contributed by atoms with Crippen LogP contribution in [0.3, 0.4) is 0 Å². The highest BCUT2D eigenvalue weighted by atomic mass is 19.1. The van der Waals surface area contributed by atoms with Crippen molar-refractivity contribution in [3.8, 4) is 17.6 Å². The second-order valence-electron chi connectivity index (χ2n) is 2.92. The fraction of sp³-hybridized carbons (Fsp3) is 0.250. The van der Waals surface area contributed by atoms with Gasteiger partial charge in [-0.05, 0) is 32.0 Å². The molecule has 2 nitrogen and oxygen atoms in total. The SMILES string of the molecule is CC#CCOc1ccc(C(C)=O)cc1F. The maximum absolute atomic E-state index is 13.3. The van der Waals surface area contributed by atoms with Gasteiger partial charge in [0, 0.05) is 5.56 Å². The van der Waals surface area contributed by atoms with Crippen molar-refractivity contribution in [2.75, 3.05) is 6.61 Å². The van der Waals surface area contributed by atoms with Gasteiger partial charge in [0.25, 0.3) is 0 Å². The number of rotatable bonds is 3. The van der Waals surface area contributed by atoms with Crippen molar-refractivity contribution in [3.63, 3.8) is 0 Å². The van der Waals surface area contributed by atoms with Crippen LogP contribution in [0.4, 0.5) is 4.39 Å². The normalized spacial score (nSPS) is 9.00. The van der Waals surface area contributed by atoms with Crippen LogP contribution in [0.5, 0.6) is 5.75 Å². The zero-order valence-electron chi connectivity index (χ0n) is 8.63. The summed E-state index contributed by atoms with van der Waals surface area (Å²) in [5, 5.41) is 0. The van der Waals surface area contributed by atoms with Crippen LogP contribution in [0, 0.1) is 17.7 Å². The minimum Gasteiger partial charge on any atom is -0.478 e. The molecule has 0 N–H and O–H groups in total. The van der Waals surface area contributed by atoms with Gasteiger partial charge in [-0.25, -0.2) is 4.39 Å². The molecule has 0 heterocycles. The number of Topliss-reactive ketones (excluding diaryl/α,β-unsaturated/α-hetero) is 1. The molecule has 0 atom stereocenters. The molecular weight excluding hydrogens is 195 g/mol. The van der Waals surface area contributed by atoms with Crippen LogP contribution in [-0.2, 0) is 0 Å². The zero-order chi connectivity index (χ0) is 11.3. The van der Waals surface area contributed by atoms with E-state index in [4.69, 9.17) is 4.74 Å². The van der Waals surface area contributed by atoms with Crippen molar-refractivity contribution in [1.82, 2.24) is 0 Å². The van der Waals surface area contributed by atoms with Crippen molar-refractivity contribution < 1.29 is 13.9 Å². The van der Waals surface area contributed by atoms with Gasteiger partial charge in [-0.2, -0.15) is 0 Å². The van der Waals surface area contributed by atoms with Gasteiger partial charge in [0.2, 0.25) is 0 Å². The van der Waals surface area contributed by atoms with E-state index in [9.17, 15) is 9.18 Å². The third kappa shape index (κ3) is 3.10. The molecule has 15 heavy (non-hydrogen) atoms. The van der Waals surface area contributed by atoms with Crippen LogP contribution in [-0.4, -0.2) is 12.4 Å². The lowest BCUT2D eigenvalue weighted by Gasteiger charge is -2.04. The molecule has 1 rings (SSSR count). The Bertz CT molecular complexity index is 427. The number of carbonyl (C=O) groups excluding carboxylic acids is 1. The summed E-state index contributed by atoms with van der Waals surface area (Å²) in [5.41, 5.74) is 0.335. The molecule has 3 heteroatoms. The first-order valence-corrected chi connectivity index (χ1v) is 4.48. The number of halogens is 1. The van der Waals surface area contributed by atoms with Crippen molar-refractivity contribution >= 4 is 5.78 Å². The zero-order valence-corrected chi connectivity index (χ0v) is 8.63. The standard InChI is InChI=1S/C12H11FO2/c1-3-4-7-15-12-6-5-10(9(2)14)8-11(12)13/h5-6,8H,7H2,1-2H3. The van der Waals surface area contributed by atoms with E-state index in [0.717, 1.165) is 6.07 Å². The molecule has 0 bridgehead atoms. The van der Waals surface area contributed by atoms with E-state index >= 15 is 0 Å². The highest BCUT2D eigenvalue weighted by Crippen LogP contribution is 2.18. The molecule has 0 saturated heterocycles. The molecular formula is C12H11FO2. The number of hydrogen-bond donors (Lipinski definition) is 0. The highest BCUT2D eigenvalue weighted by Gasteiger charge is 2.06. The Morgan fingerprint density at radius 3 is 2.80 bits per heavy atom. The van der Waals surface area contributed by atoms with E-state index in [2.05, 4.69) is 11.8 Å². The molecule has 0 radical (unpaired) electrons. The lowest BCUT2D eigenvalue weighted by Crippen LogP contribution is -1.99. The van der Waals surface area contributed by atoms with Gasteiger partial charge in [0.1, 0.15) is 6.61 Å². The summed E-state index contributed by atoms with van der Waals surface area (Å²) in [5.74, 6) is 4.69. The predicted molar refractivity (Wildman–Crippen MR) is 55.3 cm³/mol. The van der Waals surface area contributed by atoms with Crippen molar-refractivity contribution in [3.05, 3.63) is 29.6 Å². The molecule has 0 aliphatic rings. The third-order valence-corrected chi connectivity index (χ3v) is 1.82. The fourth-order valence-corrected chi connectivity index (χ4v) is 1.02. The van der Waals surface area contributed by atoms with Crippen molar-refractivity contribution in [2.24, 2.45) is 0 Å². The number of benzene rings is 1. The number of ketones is 1. The van der Waals surface area contributed by atoms with Gasteiger partial charge in [0.05, 0.1) is 0 Å². The summed E-state index contributed by atoms with van der Waals surface area (Å²) in [6.45, 7) is 3.21. The molecule has 0 spiro atoms. The first-order valence-electron chi connectivity index (χ1n) is 4.48. The molecule has 0 unspecified atom stereocenters. The van der Waals surface area contributed by atoms with Gasteiger partial charge >= 0.3 is 0 Å². The second-order valence-corrected chi connectivity index (χ2v) is 2.92. The molecule has 0 aliphatic carbocycles. The summed E-state index contributed by atoms with van der Waals surface area (Å²) >= 11 is 0. The largest absolute Gasteiger partial charge is 0.478 e. The first-order chi connectivity index (χ1) is 7.15. The maximum atomic E-state index is 13.3. The maximum Gasteiger partial charge on any atom is 0.165 e. The van der Waals surface area contributed by atoms with Gasteiger partial charge in [-0.1, -0.05) is 5.92 Å². The van der Waals surface area contributed by atoms with Gasteiger partial charge in [0.15, 0.2) is 17.3 Å². The summed E-state index contributed by atoms with van der Waals surface area (Å²) in [7, 11) is 0. The van der Waals surface area contributed by atoms with E-state index < -0.39 is 5.82 Å². The van der Waals surface area contributed by atoms with Gasteiger partial charge < -0.3 is 4.74 Å². The van der Waals surface area contributed by atoms with Gasteiger partial charge in [-0.3, -0.25) is 4.79 Å². The average Bonchev–Trinajstić information content (AvgIpc) is 2.20. The smallest absolute Gasteiger partial charge is 0.165 e. The minimum atomic E-state index is -0.541. The van der Waals surface area contributed by atoms with E-state index in [1.165, 1.54) is 19.1 Å². The van der Waals surface area contributed by atoms with Crippen LogP contribution in [0.25, 0.3) is 0 Å². The van der Waals surface area contributed by atoms with Crippen LogP contribution >= 0.6 is 0 Å². The van der Waals surface area contributed by atoms with Crippen LogP contribution in [0.1, 0.15) is 24.2 Å². The van der Waals surface area contributed by atoms with Gasteiger partial charge in [-0.15, -0.1) is 5.92 Å². The Balaban J connectivity index is 2.82. The highest BCUT2D eigenvalue weighted by molar-refractivity contribution is 5.94. The molecule has 0 aromatic heterocycles. The van der Waals surface area contributed by atoms with Crippen molar-refractivity contribution in [2.45, 2.75) is 13.8 Å². The van der Waals surface area contributed by atoms with E-state index in [1.807, 2.05) is 0 Å². The minimum absolute atomic E-state index is 0.114. The van der Waals surface area contributed by atoms with Crippen LogP contribution in [0.2, 0.25) is 0 Å². The second kappa shape index (κ2) is 5.16. The lowest BCUT2D eigenvalue weighted by atomic mass is 10.1. The van der Waals surface area contributed by atoms with E-state index in [0.29, 0.717) is 5.56 Å². The average molecular weight is 206 g/mol. The lowest BCUT2D eigenvalue weighted by molar-refractivity contribution is 0.101. The number of ether oxygens (including phenoxy) is 1. The van der Waals surface area contributed by atoms with E-state index in [1.54, 1.807) is 6.92 Å². The third-order valence-electron chi connectivity index (χ3n) is 1.82. The summed E-state index contributed by atoms with van der Waals surface area (Å²) in [4.78, 5) is 10.9. The molecule has 0 fully saturated rings. The molecule has 0 saturated carbocycles. The number of hydrogen-bond acceptors (Lipinski definition) is 2. The summed E-state index contributed by atoms with van der Waals surface area (Å²) < 4.78 is 18.4. The molecule has 78 valence electrons. The summed E-state index contributed by atoms with van der Waals surface area (Å²) in [6.07, 6.45) is 0. The summed E-state index contributed by atoms with van der Waals surface area (Å²) in [6, 6.07) is 4.13. The molecule has 0 aliphatic heterocycles. The fourth-order valence-electron chi connectivity index (χ4n) is 1.02. The Morgan fingerprint density at radius 2 is 2.27 bits per heavy atom. The first kappa shape index (κ1) is 11.3. The van der Waals surface area contributed by atoms with Crippen LogP contribution < -0.4 is 4.74 Å². The topological polar surface area (TPSA) is 26.3 Å². The monoisotopic (exact) mass is 206 g/mol. The van der Waals surface area contributed by atoms with Crippen LogP contribution in [0.15, 0.2) is 18.2 Å². The molecule has 1 aromatic rings. The Labute approximate surface area is 88.1 Å². The molecule has 1 aromatic carbocycles. The Morgan fingerprint density at radius 1 is 1.53 bits per heavy atom. The van der Waals surface area contributed by atoms with E-state index in [-0.39, 0.29) is 18.1 Å². The molecule has 0 amide bonds. The quantitative estimate of drug-likeness (QED) is 0.560. The van der Waals surface area contributed by atoms with Crippen molar-refractivity contribution in [1.29, 1.82) is 0 Å². The number of carbonyl (C=O) groups is 1.